The molecule has 1 amide bonds. The summed E-state index contributed by atoms with van der Waals surface area (Å²) in [6.45, 7) is 0.499. The maximum atomic E-state index is 12.1. The van der Waals surface area contributed by atoms with E-state index in [9.17, 15) is 4.79 Å². The normalized spacial score (nSPS) is 15.6. The minimum atomic E-state index is -0.742. The SMILES string of the molecule is COc1cccc(CN(C)C(=O)C2(C#N)CC2)c1. The lowest BCUT2D eigenvalue weighted by Crippen LogP contribution is -2.32. The minimum absolute atomic E-state index is 0.0761. The summed E-state index contributed by atoms with van der Waals surface area (Å²) in [5, 5.41) is 9.01. The summed E-state index contributed by atoms with van der Waals surface area (Å²) >= 11 is 0. The first-order valence-corrected chi connectivity index (χ1v) is 5.91. The second-order valence-electron chi connectivity index (χ2n) is 4.71. The topological polar surface area (TPSA) is 53.3 Å². The van der Waals surface area contributed by atoms with Crippen molar-refractivity contribution < 1.29 is 9.53 Å². The van der Waals surface area contributed by atoms with Gasteiger partial charge in [0.25, 0.3) is 0 Å². The van der Waals surface area contributed by atoms with Crippen LogP contribution >= 0.6 is 0 Å². The number of nitriles is 1. The largest absolute Gasteiger partial charge is 0.497 e. The molecule has 0 N–H and O–H groups in total. The van der Waals surface area contributed by atoms with Crippen LogP contribution in [0.3, 0.4) is 0 Å². The molecule has 0 radical (unpaired) electrons. The van der Waals surface area contributed by atoms with Crippen LogP contribution in [0.2, 0.25) is 0 Å². The highest BCUT2D eigenvalue weighted by Crippen LogP contribution is 2.46. The number of hydrogen-bond donors (Lipinski definition) is 0. The van der Waals surface area contributed by atoms with E-state index in [1.165, 1.54) is 0 Å². The van der Waals surface area contributed by atoms with Gasteiger partial charge in [-0.05, 0) is 30.5 Å². The number of amides is 1. The average molecular weight is 244 g/mol. The highest BCUT2D eigenvalue weighted by molar-refractivity contribution is 5.88. The first kappa shape index (κ1) is 12.4. The van der Waals surface area contributed by atoms with Crippen molar-refractivity contribution in [1.29, 1.82) is 5.26 Å². The summed E-state index contributed by atoms with van der Waals surface area (Å²) in [5.74, 6) is 0.697. The predicted octanol–water partition coefficient (Wildman–Crippen LogP) is 1.96. The lowest BCUT2D eigenvalue weighted by atomic mass is 10.1. The number of carbonyl (C=O) groups is 1. The third kappa shape index (κ3) is 2.30. The lowest BCUT2D eigenvalue weighted by Gasteiger charge is -2.20. The van der Waals surface area contributed by atoms with Crippen molar-refractivity contribution in [2.24, 2.45) is 5.41 Å². The molecule has 0 heterocycles. The van der Waals surface area contributed by atoms with E-state index in [0.717, 1.165) is 11.3 Å². The fourth-order valence-electron chi connectivity index (χ4n) is 1.98. The third-order valence-corrected chi connectivity index (χ3v) is 3.27. The summed E-state index contributed by atoms with van der Waals surface area (Å²) in [7, 11) is 3.35. The molecule has 1 aromatic carbocycles. The van der Waals surface area contributed by atoms with Gasteiger partial charge in [-0.1, -0.05) is 12.1 Å². The van der Waals surface area contributed by atoms with E-state index >= 15 is 0 Å². The van der Waals surface area contributed by atoms with E-state index in [1.807, 2.05) is 24.3 Å². The van der Waals surface area contributed by atoms with E-state index in [4.69, 9.17) is 10.00 Å². The predicted molar refractivity (Wildman–Crippen MR) is 66.7 cm³/mol. The van der Waals surface area contributed by atoms with Gasteiger partial charge >= 0.3 is 0 Å². The molecule has 0 atom stereocenters. The maximum absolute atomic E-state index is 12.1. The zero-order valence-electron chi connectivity index (χ0n) is 10.6. The lowest BCUT2D eigenvalue weighted by molar-refractivity contribution is -0.134. The van der Waals surface area contributed by atoms with Crippen molar-refractivity contribution in [2.75, 3.05) is 14.2 Å². The van der Waals surface area contributed by atoms with Crippen molar-refractivity contribution >= 4 is 5.91 Å². The summed E-state index contributed by atoms with van der Waals surface area (Å²) in [6.07, 6.45) is 1.37. The Kier molecular flexibility index (Phi) is 3.24. The van der Waals surface area contributed by atoms with Crippen LogP contribution in [0.5, 0.6) is 5.75 Å². The van der Waals surface area contributed by atoms with Gasteiger partial charge in [0, 0.05) is 13.6 Å². The van der Waals surface area contributed by atoms with Gasteiger partial charge in [0.15, 0.2) is 0 Å². The zero-order valence-corrected chi connectivity index (χ0v) is 10.6. The Bertz CT molecular complexity index is 501. The van der Waals surface area contributed by atoms with Gasteiger partial charge in [-0.25, -0.2) is 0 Å². The molecular weight excluding hydrogens is 228 g/mol. The second kappa shape index (κ2) is 4.69. The Balaban J connectivity index is 2.05. The molecule has 18 heavy (non-hydrogen) atoms. The van der Waals surface area contributed by atoms with Crippen molar-refractivity contribution in [3.05, 3.63) is 29.8 Å². The van der Waals surface area contributed by atoms with Crippen LogP contribution in [0.25, 0.3) is 0 Å². The van der Waals surface area contributed by atoms with Crippen LogP contribution in [0, 0.1) is 16.7 Å². The highest BCUT2D eigenvalue weighted by atomic mass is 16.5. The molecule has 94 valence electrons. The van der Waals surface area contributed by atoms with Crippen LogP contribution in [0.1, 0.15) is 18.4 Å². The van der Waals surface area contributed by atoms with Crippen LogP contribution in [0.4, 0.5) is 0 Å². The average Bonchev–Trinajstić information content (AvgIpc) is 3.19. The third-order valence-electron chi connectivity index (χ3n) is 3.27. The Morgan fingerprint density at radius 3 is 2.83 bits per heavy atom. The van der Waals surface area contributed by atoms with Gasteiger partial charge < -0.3 is 9.64 Å². The molecule has 0 aliphatic heterocycles. The van der Waals surface area contributed by atoms with E-state index in [-0.39, 0.29) is 5.91 Å². The van der Waals surface area contributed by atoms with Crippen molar-refractivity contribution in [3.8, 4) is 11.8 Å². The summed E-state index contributed by atoms with van der Waals surface area (Å²) in [4.78, 5) is 13.7. The fraction of sp³-hybridized carbons (Fsp3) is 0.429. The first-order valence-electron chi connectivity index (χ1n) is 5.91. The van der Waals surface area contributed by atoms with Crippen LogP contribution < -0.4 is 4.74 Å². The molecule has 0 spiro atoms. The summed E-state index contributed by atoms with van der Waals surface area (Å²) in [5.41, 5.74) is 0.257. The minimum Gasteiger partial charge on any atom is -0.497 e. The maximum Gasteiger partial charge on any atom is 0.243 e. The highest BCUT2D eigenvalue weighted by Gasteiger charge is 2.51. The molecule has 1 aliphatic rings. The number of benzene rings is 1. The van der Waals surface area contributed by atoms with Crippen LogP contribution in [-0.2, 0) is 11.3 Å². The molecule has 4 nitrogen and oxygen atoms in total. The van der Waals surface area contributed by atoms with Gasteiger partial charge in [0.05, 0.1) is 13.2 Å². The Hall–Kier alpha value is -2.02. The molecule has 0 bridgehead atoms. The van der Waals surface area contributed by atoms with Gasteiger partial charge in [-0.3, -0.25) is 4.79 Å². The number of ether oxygens (including phenoxy) is 1. The van der Waals surface area contributed by atoms with Gasteiger partial charge in [-0.2, -0.15) is 5.26 Å². The number of methoxy groups -OCH3 is 1. The molecule has 0 aromatic heterocycles. The van der Waals surface area contributed by atoms with Crippen molar-refractivity contribution in [1.82, 2.24) is 4.90 Å². The number of nitrogens with zero attached hydrogens (tertiary/aromatic N) is 2. The fourth-order valence-corrected chi connectivity index (χ4v) is 1.98. The van der Waals surface area contributed by atoms with Gasteiger partial charge in [-0.15, -0.1) is 0 Å². The second-order valence-corrected chi connectivity index (χ2v) is 4.71. The molecule has 1 saturated carbocycles. The number of hydrogen-bond acceptors (Lipinski definition) is 3. The zero-order chi connectivity index (χ0) is 13.2. The Morgan fingerprint density at radius 1 is 1.56 bits per heavy atom. The standard InChI is InChI=1S/C14H16N2O2/c1-16(13(17)14(10-15)6-7-14)9-11-4-3-5-12(8-11)18-2/h3-5,8H,6-7,9H2,1-2H3. The molecule has 2 rings (SSSR count). The molecule has 1 aliphatic carbocycles. The van der Waals surface area contributed by atoms with E-state index in [1.54, 1.807) is 19.1 Å². The number of rotatable bonds is 4. The monoisotopic (exact) mass is 244 g/mol. The van der Waals surface area contributed by atoms with Gasteiger partial charge in [0.1, 0.15) is 11.2 Å². The van der Waals surface area contributed by atoms with E-state index in [0.29, 0.717) is 19.4 Å². The van der Waals surface area contributed by atoms with Crippen molar-refractivity contribution in [3.63, 3.8) is 0 Å². The van der Waals surface area contributed by atoms with Gasteiger partial charge in [0.2, 0.25) is 5.91 Å². The van der Waals surface area contributed by atoms with Crippen molar-refractivity contribution in [2.45, 2.75) is 19.4 Å². The smallest absolute Gasteiger partial charge is 0.243 e. The molecular formula is C14H16N2O2. The Labute approximate surface area is 107 Å². The van der Waals surface area contributed by atoms with E-state index < -0.39 is 5.41 Å². The van der Waals surface area contributed by atoms with Crippen LogP contribution in [-0.4, -0.2) is 25.0 Å². The molecule has 4 heteroatoms. The molecule has 0 saturated heterocycles. The molecule has 0 unspecified atom stereocenters. The Morgan fingerprint density at radius 2 is 2.28 bits per heavy atom. The first-order chi connectivity index (χ1) is 8.61. The number of carbonyl (C=O) groups excluding carboxylic acids is 1. The molecule has 1 aromatic rings. The summed E-state index contributed by atoms with van der Waals surface area (Å²) in [6, 6.07) is 9.72. The quantitative estimate of drug-likeness (QED) is 0.813. The van der Waals surface area contributed by atoms with E-state index in [2.05, 4.69) is 6.07 Å². The van der Waals surface area contributed by atoms with Crippen LogP contribution in [0.15, 0.2) is 24.3 Å². The summed E-state index contributed by atoms with van der Waals surface area (Å²) < 4.78 is 5.14. The molecule has 1 fully saturated rings.